The molecule has 0 aliphatic rings. The van der Waals surface area contributed by atoms with E-state index < -0.39 is 47.9 Å². The highest BCUT2D eigenvalue weighted by molar-refractivity contribution is 5.75. The first kappa shape index (κ1) is 30.8. The maximum Gasteiger partial charge on any atom is 0.408 e. The number of methoxy groups -OCH3 is 3. The van der Waals surface area contributed by atoms with Gasteiger partial charge in [-0.3, -0.25) is 0 Å². The molecule has 0 aromatic heterocycles. The molecular weight excluding hydrogens is 478 g/mol. The first-order valence-electron chi connectivity index (χ1n) is 11.1. The SMILES string of the molecule is COC(=O)C(C)OCC(COC(C)C(=O)OC)(COC(C)C(=O)OC)NC(=O)OCc1ccccc1. The van der Waals surface area contributed by atoms with Crippen LogP contribution in [0.2, 0.25) is 0 Å². The van der Waals surface area contributed by atoms with E-state index in [1.54, 1.807) is 24.3 Å². The summed E-state index contributed by atoms with van der Waals surface area (Å²) in [5, 5.41) is 2.65. The lowest BCUT2D eigenvalue weighted by Crippen LogP contribution is -2.60. The highest BCUT2D eigenvalue weighted by Crippen LogP contribution is 2.15. The summed E-state index contributed by atoms with van der Waals surface area (Å²) in [4.78, 5) is 48.3. The third-order valence-electron chi connectivity index (χ3n) is 5.01. The van der Waals surface area contributed by atoms with Crippen LogP contribution in [0.5, 0.6) is 0 Å². The Kier molecular flexibility index (Phi) is 13.4. The predicted octanol–water partition coefficient (Wildman–Crippen LogP) is 1.39. The number of hydrogen-bond donors (Lipinski definition) is 1. The van der Waals surface area contributed by atoms with Crippen molar-refractivity contribution in [3.05, 3.63) is 35.9 Å². The van der Waals surface area contributed by atoms with Crippen molar-refractivity contribution in [1.82, 2.24) is 5.32 Å². The number of hydrogen-bond acceptors (Lipinski definition) is 11. The van der Waals surface area contributed by atoms with Gasteiger partial charge in [0.05, 0.1) is 41.2 Å². The first-order valence-corrected chi connectivity index (χ1v) is 11.1. The van der Waals surface area contributed by atoms with Crippen molar-refractivity contribution in [2.24, 2.45) is 0 Å². The fourth-order valence-electron chi connectivity index (χ4n) is 2.76. The minimum absolute atomic E-state index is 0.0268. The Morgan fingerprint density at radius 3 is 1.47 bits per heavy atom. The number of carbonyl (C=O) groups is 4. The van der Waals surface area contributed by atoms with Gasteiger partial charge in [-0.15, -0.1) is 0 Å². The first-order chi connectivity index (χ1) is 17.1. The average molecular weight is 514 g/mol. The van der Waals surface area contributed by atoms with Crippen LogP contribution in [0.3, 0.4) is 0 Å². The lowest BCUT2D eigenvalue weighted by molar-refractivity contribution is -0.162. The van der Waals surface area contributed by atoms with Crippen LogP contribution < -0.4 is 5.32 Å². The van der Waals surface area contributed by atoms with E-state index in [4.69, 9.17) is 18.9 Å². The molecule has 1 N–H and O–H groups in total. The monoisotopic (exact) mass is 513 g/mol. The molecule has 202 valence electrons. The van der Waals surface area contributed by atoms with Gasteiger partial charge in [0.25, 0.3) is 0 Å². The summed E-state index contributed by atoms with van der Waals surface area (Å²) in [5.41, 5.74) is -0.749. The van der Waals surface area contributed by atoms with Crippen LogP contribution in [0.1, 0.15) is 26.3 Å². The predicted molar refractivity (Wildman–Crippen MR) is 125 cm³/mol. The average Bonchev–Trinajstić information content (AvgIpc) is 2.90. The van der Waals surface area contributed by atoms with E-state index in [9.17, 15) is 19.2 Å². The van der Waals surface area contributed by atoms with Crippen molar-refractivity contribution >= 4 is 24.0 Å². The van der Waals surface area contributed by atoms with Crippen LogP contribution in [0, 0.1) is 0 Å². The number of ether oxygens (including phenoxy) is 7. The van der Waals surface area contributed by atoms with Crippen LogP contribution in [0.4, 0.5) is 4.79 Å². The Morgan fingerprint density at radius 2 is 1.11 bits per heavy atom. The van der Waals surface area contributed by atoms with Crippen molar-refractivity contribution in [2.75, 3.05) is 41.2 Å². The van der Waals surface area contributed by atoms with Crippen molar-refractivity contribution in [2.45, 2.75) is 51.2 Å². The Bertz CT molecular complexity index is 781. The van der Waals surface area contributed by atoms with Gasteiger partial charge < -0.3 is 38.5 Å². The lowest BCUT2D eigenvalue weighted by Gasteiger charge is -2.35. The topological polar surface area (TPSA) is 145 Å². The number of rotatable bonds is 15. The molecule has 1 amide bonds. The van der Waals surface area contributed by atoms with Crippen LogP contribution >= 0.6 is 0 Å². The molecular formula is C24H35NO11. The van der Waals surface area contributed by atoms with E-state index in [1.807, 2.05) is 6.07 Å². The Hall–Kier alpha value is -3.22. The summed E-state index contributed by atoms with van der Waals surface area (Å²) in [6.45, 7) is 3.37. The third-order valence-corrected chi connectivity index (χ3v) is 5.01. The second-order valence-electron chi connectivity index (χ2n) is 7.90. The molecule has 1 rings (SSSR count). The largest absolute Gasteiger partial charge is 0.467 e. The third kappa shape index (κ3) is 10.6. The molecule has 3 unspecified atom stereocenters. The highest BCUT2D eigenvalue weighted by atomic mass is 16.6. The molecule has 0 aliphatic carbocycles. The molecule has 0 aliphatic heterocycles. The van der Waals surface area contributed by atoms with Gasteiger partial charge in [-0.05, 0) is 26.3 Å². The second kappa shape index (κ2) is 15.7. The standard InChI is InChI=1S/C24H35NO11/c1-16(20(26)30-4)34-13-24(14-35-17(2)21(27)31-5,15-36-18(3)22(28)32-6)25-23(29)33-12-19-10-8-7-9-11-19/h7-11,16-18H,12-15H2,1-6H3,(H,25,29). The molecule has 12 nitrogen and oxygen atoms in total. The molecule has 0 saturated heterocycles. The zero-order valence-corrected chi connectivity index (χ0v) is 21.4. The van der Waals surface area contributed by atoms with Gasteiger partial charge >= 0.3 is 24.0 Å². The summed E-state index contributed by atoms with van der Waals surface area (Å²) in [5.74, 6) is -1.95. The molecule has 0 bridgehead atoms. The van der Waals surface area contributed by atoms with Crippen LogP contribution in [0.25, 0.3) is 0 Å². The van der Waals surface area contributed by atoms with Crippen LogP contribution in [-0.2, 0) is 54.1 Å². The maximum atomic E-state index is 12.8. The van der Waals surface area contributed by atoms with Crippen molar-refractivity contribution in [3.8, 4) is 0 Å². The number of benzene rings is 1. The number of esters is 3. The van der Waals surface area contributed by atoms with Gasteiger partial charge in [-0.2, -0.15) is 0 Å². The van der Waals surface area contributed by atoms with E-state index in [-0.39, 0.29) is 26.4 Å². The number of nitrogens with one attached hydrogen (secondary N) is 1. The quantitative estimate of drug-likeness (QED) is 0.268. The molecule has 12 heteroatoms. The van der Waals surface area contributed by atoms with E-state index >= 15 is 0 Å². The number of amides is 1. The summed E-state index contributed by atoms with van der Waals surface area (Å²) < 4.78 is 36.2. The lowest BCUT2D eigenvalue weighted by atomic mass is 10.0. The molecule has 0 heterocycles. The normalized spacial score (nSPS) is 14.9. The Morgan fingerprint density at radius 1 is 0.722 bits per heavy atom. The van der Waals surface area contributed by atoms with Crippen LogP contribution in [0.15, 0.2) is 30.3 Å². The Balaban J connectivity index is 3.14. The molecule has 0 fully saturated rings. The number of carbonyl (C=O) groups excluding carboxylic acids is 4. The summed E-state index contributed by atoms with van der Waals surface area (Å²) in [6, 6.07) is 8.99. The van der Waals surface area contributed by atoms with Crippen molar-refractivity contribution < 1.29 is 52.3 Å². The van der Waals surface area contributed by atoms with E-state index in [2.05, 4.69) is 19.5 Å². The van der Waals surface area contributed by atoms with Crippen molar-refractivity contribution in [1.29, 1.82) is 0 Å². The Labute approximate surface area is 210 Å². The molecule has 36 heavy (non-hydrogen) atoms. The van der Waals surface area contributed by atoms with Gasteiger partial charge in [0, 0.05) is 0 Å². The summed E-state index contributed by atoms with van der Waals surface area (Å²) in [6.07, 6.45) is -3.87. The molecule has 1 aromatic rings. The smallest absolute Gasteiger partial charge is 0.408 e. The van der Waals surface area contributed by atoms with Gasteiger partial charge in [-0.25, -0.2) is 19.2 Å². The van der Waals surface area contributed by atoms with Gasteiger partial charge in [-0.1, -0.05) is 30.3 Å². The van der Waals surface area contributed by atoms with Gasteiger partial charge in [0.2, 0.25) is 0 Å². The molecule has 0 saturated carbocycles. The van der Waals surface area contributed by atoms with E-state index in [0.717, 1.165) is 5.56 Å². The fourth-order valence-corrected chi connectivity index (χ4v) is 2.76. The summed E-state index contributed by atoms with van der Waals surface area (Å²) >= 11 is 0. The van der Waals surface area contributed by atoms with Gasteiger partial charge in [0.1, 0.15) is 12.1 Å². The van der Waals surface area contributed by atoms with E-state index in [0.29, 0.717) is 0 Å². The zero-order valence-electron chi connectivity index (χ0n) is 21.4. The fraction of sp³-hybridized carbons (Fsp3) is 0.583. The zero-order chi connectivity index (χ0) is 27.1. The minimum Gasteiger partial charge on any atom is -0.467 e. The van der Waals surface area contributed by atoms with Crippen LogP contribution in [-0.4, -0.2) is 89.0 Å². The molecule has 3 atom stereocenters. The highest BCUT2D eigenvalue weighted by Gasteiger charge is 2.38. The minimum atomic E-state index is -1.50. The maximum absolute atomic E-state index is 12.8. The molecule has 0 spiro atoms. The molecule has 0 radical (unpaired) electrons. The van der Waals surface area contributed by atoms with Crippen molar-refractivity contribution in [3.63, 3.8) is 0 Å². The van der Waals surface area contributed by atoms with Gasteiger partial charge in [0.15, 0.2) is 18.3 Å². The number of alkyl carbamates (subject to hydrolysis) is 1. The second-order valence-corrected chi connectivity index (χ2v) is 7.90. The molecule has 1 aromatic carbocycles. The van der Waals surface area contributed by atoms with E-state index in [1.165, 1.54) is 42.1 Å². The summed E-state index contributed by atoms with van der Waals surface area (Å²) in [7, 11) is 3.62.